The number of aryl methyl sites for hydroxylation is 1. The Morgan fingerprint density at radius 1 is 1.10 bits per heavy atom. The van der Waals surface area contributed by atoms with Crippen molar-refractivity contribution in [2.75, 3.05) is 10.6 Å². The number of benzene rings is 3. The predicted octanol–water partition coefficient (Wildman–Crippen LogP) is 7.44. The molecular formula is C24H20BrClN2OS. The molecular weight excluding hydrogens is 480 g/mol. The van der Waals surface area contributed by atoms with Crippen molar-refractivity contribution in [3.63, 3.8) is 0 Å². The second kappa shape index (κ2) is 10.0. The first-order valence-electron chi connectivity index (χ1n) is 9.26. The highest BCUT2D eigenvalue weighted by molar-refractivity contribution is 9.10. The van der Waals surface area contributed by atoms with Crippen LogP contribution in [0.2, 0.25) is 5.02 Å². The lowest BCUT2D eigenvalue weighted by atomic mass is 10.00. The Labute approximate surface area is 195 Å². The van der Waals surface area contributed by atoms with Crippen LogP contribution in [0, 0.1) is 6.92 Å². The maximum absolute atomic E-state index is 12.0. The molecule has 30 heavy (non-hydrogen) atoms. The molecule has 3 aromatic rings. The molecule has 3 rings (SSSR count). The van der Waals surface area contributed by atoms with E-state index in [0.717, 1.165) is 32.5 Å². The molecule has 0 unspecified atom stereocenters. The molecule has 0 saturated carbocycles. The molecule has 0 fully saturated rings. The molecule has 0 aliphatic carbocycles. The second-order valence-corrected chi connectivity index (χ2v) is 8.43. The lowest BCUT2D eigenvalue weighted by Crippen LogP contribution is -2.11. The standard InChI is InChI=1S/C24H20BrClN2OS/c1-3-6-23(29)28-22-13-16(25)9-12-21(22)27-17-10-11-19(20(26)14-17)24(30)18-8-5-4-7-15(18)2/h3-5,7-14,27H,1,6H2,2H3,(H,28,29). The minimum Gasteiger partial charge on any atom is -0.354 e. The zero-order chi connectivity index (χ0) is 21.7. The lowest BCUT2D eigenvalue weighted by Gasteiger charge is -2.15. The van der Waals surface area contributed by atoms with Gasteiger partial charge in [0.05, 0.1) is 21.3 Å². The molecule has 152 valence electrons. The van der Waals surface area contributed by atoms with E-state index in [-0.39, 0.29) is 12.3 Å². The van der Waals surface area contributed by atoms with Gasteiger partial charge in [0.15, 0.2) is 0 Å². The van der Waals surface area contributed by atoms with Crippen LogP contribution in [-0.2, 0) is 4.79 Å². The van der Waals surface area contributed by atoms with E-state index < -0.39 is 0 Å². The van der Waals surface area contributed by atoms with E-state index in [1.807, 2.05) is 67.6 Å². The van der Waals surface area contributed by atoms with Crippen molar-refractivity contribution in [3.05, 3.63) is 99.5 Å². The first kappa shape index (κ1) is 22.2. The molecule has 3 aromatic carbocycles. The minimum atomic E-state index is -0.136. The molecule has 0 atom stereocenters. The highest BCUT2D eigenvalue weighted by Crippen LogP contribution is 2.31. The highest BCUT2D eigenvalue weighted by atomic mass is 79.9. The summed E-state index contributed by atoms with van der Waals surface area (Å²) in [6.45, 7) is 5.63. The maximum Gasteiger partial charge on any atom is 0.228 e. The fraction of sp³-hybridized carbons (Fsp3) is 0.0833. The molecule has 0 aliphatic rings. The number of halogens is 2. The van der Waals surface area contributed by atoms with Gasteiger partial charge in [-0.15, -0.1) is 6.58 Å². The maximum atomic E-state index is 12.0. The number of nitrogens with one attached hydrogen (secondary N) is 2. The lowest BCUT2D eigenvalue weighted by molar-refractivity contribution is -0.115. The first-order valence-corrected chi connectivity index (χ1v) is 10.8. The summed E-state index contributed by atoms with van der Waals surface area (Å²) >= 11 is 15.7. The number of amides is 1. The Balaban J connectivity index is 1.86. The van der Waals surface area contributed by atoms with E-state index in [2.05, 4.69) is 33.1 Å². The third-order valence-corrected chi connectivity index (χ3v) is 5.71. The van der Waals surface area contributed by atoms with E-state index in [4.69, 9.17) is 23.8 Å². The monoisotopic (exact) mass is 498 g/mol. The van der Waals surface area contributed by atoms with Crippen molar-refractivity contribution in [3.8, 4) is 0 Å². The van der Waals surface area contributed by atoms with Gasteiger partial charge in [-0.2, -0.15) is 0 Å². The number of thiocarbonyl (C=S) groups is 1. The van der Waals surface area contributed by atoms with Gasteiger partial charge in [0, 0.05) is 22.1 Å². The van der Waals surface area contributed by atoms with Crippen molar-refractivity contribution in [1.82, 2.24) is 0 Å². The van der Waals surface area contributed by atoms with E-state index in [9.17, 15) is 4.79 Å². The molecule has 1 amide bonds. The van der Waals surface area contributed by atoms with Crippen LogP contribution in [0.4, 0.5) is 17.1 Å². The summed E-state index contributed by atoms with van der Waals surface area (Å²) in [5.74, 6) is -0.136. The largest absolute Gasteiger partial charge is 0.354 e. The van der Waals surface area contributed by atoms with Crippen LogP contribution in [0.25, 0.3) is 0 Å². The van der Waals surface area contributed by atoms with Crippen LogP contribution in [0.5, 0.6) is 0 Å². The van der Waals surface area contributed by atoms with Gasteiger partial charge in [0.2, 0.25) is 5.91 Å². The average molecular weight is 500 g/mol. The fourth-order valence-electron chi connectivity index (χ4n) is 2.97. The van der Waals surface area contributed by atoms with Crippen LogP contribution in [0.1, 0.15) is 23.1 Å². The summed E-state index contributed by atoms with van der Waals surface area (Å²) in [6, 6.07) is 19.3. The number of hydrogen-bond acceptors (Lipinski definition) is 3. The van der Waals surface area contributed by atoms with Crippen LogP contribution >= 0.6 is 39.7 Å². The van der Waals surface area contributed by atoms with Gasteiger partial charge in [0.1, 0.15) is 0 Å². The topological polar surface area (TPSA) is 41.1 Å². The average Bonchev–Trinajstić information content (AvgIpc) is 2.70. The molecule has 0 bridgehead atoms. The van der Waals surface area contributed by atoms with Gasteiger partial charge in [-0.3, -0.25) is 4.79 Å². The summed E-state index contributed by atoms with van der Waals surface area (Å²) in [5.41, 5.74) is 5.11. The molecule has 0 aromatic heterocycles. The highest BCUT2D eigenvalue weighted by Gasteiger charge is 2.13. The Bertz CT molecular complexity index is 1130. The van der Waals surface area contributed by atoms with Crippen LogP contribution < -0.4 is 10.6 Å². The Morgan fingerprint density at radius 2 is 1.87 bits per heavy atom. The van der Waals surface area contributed by atoms with Gasteiger partial charge in [-0.1, -0.05) is 70.1 Å². The van der Waals surface area contributed by atoms with Crippen LogP contribution in [0.3, 0.4) is 0 Å². The van der Waals surface area contributed by atoms with E-state index in [1.165, 1.54) is 0 Å². The van der Waals surface area contributed by atoms with Gasteiger partial charge >= 0.3 is 0 Å². The van der Waals surface area contributed by atoms with Crippen LogP contribution in [0.15, 0.2) is 77.8 Å². The Kier molecular flexibility index (Phi) is 7.43. The molecule has 0 radical (unpaired) electrons. The van der Waals surface area contributed by atoms with Gasteiger partial charge < -0.3 is 10.6 Å². The van der Waals surface area contributed by atoms with Crippen LogP contribution in [-0.4, -0.2) is 10.8 Å². The molecule has 0 spiro atoms. The van der Waals surface area contributed by atoms with Gasteiger partial charge in [0.25, 0.3) is 0 Å². The van der Waals surface area contributed by atoms with Gasteiger partial charge in [-0.05, 0) is 54.4 Å². The van der Waals surface area contributed by atoms with Crippen molar-refractivity contribution < 1.29 is 4.79 Å². The number of anilines is 3. The van der Waals surface area contributed by atoms with Crippen molar-refractivity contribution in [2.24, 2.45) is 0 Å². The third kappa shape index (κ3) is 5.36. The smallest absolute Gasteiger partial charge is 0.228 e. The van der Waals surface area contributed by atoms with Crippen molar-refractivity contribution in [2.45, 2.75) is 13.3 Å². The van der Waals surface area contributed by atoms with Gasteiger partial charge in [-0.25, -0.2) is 0 Å². The predicted molar refractivity (Wildman–Crippen MR) is 134 cm³/mol. The van der Waals surface area contributed by atoms with Crippen molar-refractivity contribution in [1.29, 1.82) is 0 Å². The number of carbonyl (C=O) groups excluding carboxylic acids is 1. The molecule has 2 N–H and O–H groups in total. The summed E-state index contributed by atoms with van der Waals surface area (Å²) in [5, 5.41) is 6.76. The zero-order valence-corrected chi connectivity index (χ0v) is 19.5. The molecule has 3 nitrogen and oxygen atoms in total. The summed E-state index contributed by atoms with van der Waals surface area (Å²) < 4.78 is 0.860. The number of carbonyl (C=O) groups is 1. The zero-order valence-electron chi connectivity index (χ0n) is 16.3. The molecule has 0 aliphatic heterocycles. The van der Waals surface area contributed by atoms with E-state index in [1.54, 1.807) is 6.08 Å². The number of hydrogen-bond donors (Lipinski definition) is 2. The molecule has 0 saturated heterocycles. The first-order chi connectivity index (χ1) is 14.4. The summed E-state index contributed by atoms with van der Waals surface area (Å²) in [7, 11) is 0. The number of rotatable bonds is 7. The fourth-order valence-corrected chi connectivity index (χ4v) is 4.07. The molecule has 6 heteroatoms. The minimum absolute atomic E-state index is 0.136. The van der Waals surface area contributed by atoms with Crippen molar-refractivity contribution >= 4 is 67.6 Å². The Hall–Kier alpha value is -2.47. The van der Waals surface area contributed by atoms with E-state index in [0.29, 0.717) is 15.6 Å². The second-order valence-electron chi connectivity index (χ2n) is 6.69. The van der Waals surface area contributed by atoms with E-state index >= 15 is 0 Å². The third-order valence-electron chi connectivity index (χ3n) is 4.47. The normalized spacial score (nSPS) is 10.4. The Morgan fingerprint density at radius 3 is 2.57 bits per heavy atom. The quantitative estimate of drug-likeness (QED) is 0.202. The summed E-state index contributed by atoms with van der Waals surface area (Å²) in [4.78, 5) is 12.7. The summed E-state index contributed by atoms with van der Waals surface area (Å²) in [6.07, 6.45) is 1.80. The molecule has 0 heterocycles. The SMILES string of the molecule is C=CCC(=O)Nc1cc(Br)ccc1Nc1ccc(C(=S)c2ccccc2C)c(Cl)c1.